The standard InChI is InChI=1S/C26H32N6O6/c1-16(2)15-38-20-11-6-9-17-23(20)31-22(28-17)14-32-13-7-10-19(25(32)35)29-24(34)18(30-26(36)37-3)8-4-5-12-21(27)33/h5-7,9-13,16,18H,4,8,14-15H2,1-3H3,(H2,27,33)(H,28,31)(H,29,34)(H,30,36)/b12-5+. The molecular weight excluding hydrogens is 492 g/mol. The molecule has 12 nitrogen and oxygen atoms in total. The number of anilines is 1. The van der Waals surface area contributed by atoms with Crippen molar-refractivity contribution in [1.29, 1.82) is 0 Å². The first-order valence-corrected chi connectivity index (χ1v) is 12.1. The zero-order valence-corrected chi connectivity index (χ0v) is 21.5. The fraction of sp³-hybridized carbons (Fsp3) is 0.346. The van der Waals surface area contributed by atoms with Gasteiger partial charge in [-0.1, -0.05) is 26.0 Å². The molecule has 3 aromatic rings. The van der Waals surface area contributed by atoms with E-state index in [0.29, 0.717) is 29.6 Å². The predicted octanol–water partition coefficient (Wildman–Crippen LogP) is 2.29. The van der Waals surface area contributed by atoms with Crippen molar-refractivity contribution in [2.24, 2.45) is 11.7 Å². The van der Waals surface area contributed by atoms with Gasteiger partial charge in [0.1, 0.15) is 28.8 Å². The van der Waals surface area contributed by atoms with Crippen LogP contribution in [-0.4, -0.2) is 52.2 Å². The van der Waals surface area contributed by atoms with E-state index < -0.39 is 29.5 Å². The molecular formula is C26H32N6O6. The summed E-state index contributed by atoms with van der Waals surface area (Å²) in [7, 11) is 1.17. The number of H-pyrrole nitrogens is 1. The van der Waals surface area contributed by atoms with Crippen LogP contribution >= 0.6 is 0 Å². The zero-order valence-electron chi connectivity index (χ0n) is 21.5. The Morgan fingerprint density at radius 1 is 1.21 bits per heavy atom. The SMILES string of the molecule is COC(=O)NC(CC/C=C/C(N)=O)C(=O)Nc1cccn(Cc2nc3c(OCC(C)C)cccc3[nH]2)c1=O. The highest BCUT2D eigenvalue weighted by Gasteiger charge is 2.22. The first-order valence-electron chi connectivity index (χ1n) is 12.1. The van der Waals surface area contributed by atoms with Gasteiger partial charge in [-0.05, 0) is 49.1 Å². The molecule has 1 unspecified atom stereocenters. The molecule has 0 fully saturated rings. The lowest BCUT2D eigenvalue weighted by molar-refractivity contribution is -0.118. The topological polar surface area (TPSA) is 170 Å². The third-order valence-corrected chi connectivity index (χ3v) is 5.39. The Morgan fingerprint density at radius 2 is 2.00 bits per heavy atom. The fourth-order valence-corrected chi connectivity index (χ4v) is 3.57. The average Bonchev–Trinajstić information content (AvgIpc) is 3.29. The van der Waals surface area contributed by atoms with Crippen LogP contribution in [0.1, 0.15) is 32.5 Å². The Morgan fingerprint density at radius 3 is 2.71 bits per heavy atom. The number of benzene rings is 1. The Hall–Kier alpha value is -4.61. The number of amides is 3. The number of alkyl carbamates (subject to hydrolysis) is 1. The van der Waals surface area contributed by atoms with Crippen LogP contribution in [0.4, 0.5) is 10.5 Å². The molecule has 0 aliphatic heterocycles. The maximum Gasteiger partial charge on any atom is 0.407 e. The summed E-state index contributed by atoms with van der Waals surface area (Å²) in [5.74, 6) is 0.308. The van der Waals surface area contributed by atoms with Gasteiger partial charge < -0.3 is 35.4 Å². The number of aromatic amines is 1. The number of hydrogen-bond acceptors (Lipinski definition) is 7. The van der Waals surface area contributed by atoms with Crippen LogP contribution in [0.25, 0.3) is 11.0 Å². The molecule has 5 N–H and O–H groups in total. The fourth-order valence-electron chi connectivity index (χ4n) is 3.57. The molecule has 0 aliphatic carbocycles. The molecule has 12 heteroatoms. The van der Waals surface area contributed by atoms with Crippen molar-refractivity contribution in [1.82, 2.24) is 19.9 Å². The molecule has 202 valence electrons. The summed E-state index contributed by atoms with van der Waals surface area (Å²) in [5.41, 5.74) is 6.09. The van der Waals surface area contributed by atoms with E-state index in [1.165, 1.54) is 29.9 Å². The number of fused-ring (bicyclic) bond motifs is 1. The molecule has 1 atom stereocenters. The second-order valence-electron chi connectivity index (χ2n) is 8.96. The maximum atomic E-state index is 13.1. The second kappa shape index (κ2) is 13.1. The molecule has 1 aromatic carbocycles. The second-order valence-corrected chi connectivity index (χ2v) is 8.96. The Kier molecular flexibility index (Phi) is 9.63. The highest BCUT2D eigenvalue weighted by Crippen LogP contribution is 2.24. The molecule has 0 saturated carbocycles. The van der Waals surface area contributed by atoms with E-state index in [9.17, 15) is 19.2 Å². The van der Waals surface area contributed by atoms with E-state index in [2.05, 4.69) is 39.2 Å². The van der Waals surface area contributed by atoms with Gasteiger partial charge in [0.2, 0.25) is 11.8 Å². The summed E-state index contributed by atoms with van der Waals surface area (Å²) in [6.07, 6.45) is 3.85. The molecule has 0 radical (unpaired) electrons. The van der Waals surface area contributed by atoms with Crippen LogP contribution in [0, 0.1) is 5.92 Å². The maximum absolute atomic E-state index is 13.1. The minimum atomic E-state index is -1.02. The van der Waals surface area contributed by atoms with Gasteiger partial charge in [-0.2, -0.15) is 0 Å². The highest BCUT2D eigenvalue weighted by atomic mass is 16.5. The number of primary amides is 1. The van der Waals surface area contributed by atoms with Crippen LogP contribution in [0.15, 0.2) is 53.5 Å². The third-order valence-electron chi connectivity index (χ3n) is 5.39. The zero-order chi connectivity index (χ0) is 27.7. The minimum Gasteiger partial charge on any atom is -0.491 e. The van der Waals surface area contributed by atoms with Gasteiger partial charge in [0.05, 0.1) is 25.8 Å². The smallest absolute Gasteiger partial charge is 0.407 e. The van der Waals surface area contributed by atoms with Gasteiger partial charge in [-0.3, -0.25) is 14.4 Å². The van der Waals surface area contributed by atoms with Crippen LogP contribution in [0.3, 0.4) is 0 Å². The number of nitrogens with two attached hydrogens (primary N) is 1. The molecule has 3 rings (SSSR count). The number of carbonyl (C=O) groups is 3. The van der Waals surface area contributed by atoms with Gasteiger partial charge in [-0.25, -0.2) is 9.78 Å². The summed E-state index contributed by atoms with van der Waals surface area (Å²) in [6.45, 7) is 4.80. The van der Waals surface area contributed by atoms with Crippen LogP contribution in [0.5, 0.6) is 5.75 Å². The molecule has 0 bridgehead atoms. The Labute approximate surface area is 219 Å². The molecule has 3 amide bonds. The Bertz CT molecular complexity index is 1380. The molecule has 0 spiro atoms. The monoisotopic (exact) mass is 524 g/mol. The van der Waals surface area contributed by atoms with E-state index in [-0.39, 0.29) is 25.1 Å². The van der Waals surface area contributed by atoms with Gasteiger partial charge in [0, 0.05) is 6.20 Å². The first-order chi connectivity index (χ1) is 18.2. The summed E-state index contributed by atoms with van der Waals surface area (Å²) >= 11 is 0. The molecule has 0 saturated heterocycles. The van der Waals surface area contributed by atoms with Gasteiger partial charge >= 0.3 is 6.09 Å². The number of carbonyl (C=O) groups excluding carboxylic acids is 3. The van der Waals surface area contributed by atoms with E-state index in [1.54, 1.807) is 12.3 Å². The lowest BCUT2D eigenvalue weighted by Crippen LogP contribution is -2.44. The van der Waals surface area contributed by atoms with Crippen molar-refractivity contribution in [3.63, 3.8) is 0 Å². The van der Waals surface area contributed by atoms with Crippen molar-refractivity contribution in [2.75, 3.05) is 19.0 Å². The molecule has 2 aromatic heterocycles. The highest BCUT2D eigenvalue weighted by molar-refractivity contribution is 5.96. The normalized spacial score (nSPS) is 12.0. The van der Waals surface area contributed by atoms with E-state index in [4.69, 9.17) is 10.5 Å². The summed E-state index contributed by atoms with van der Waals surface area (Å²) < 4.78 is 11.9. The number of nitrogens with zero attached hydrogens (tertiary/aromatic N) is 2. The van der Waals surface area contributed by atoms with Crippen molar-refractivity contribution >= 4 is 34.6 Å². The average molecular weight is 525 g/mol. The number of allylic oxidation sites excluding steroid dienone is 1. The van der Waals surface area contributed by atoms with E-state index >= 15 is 0 Å². The number of para-hydroxylation sites is 1. The number of imidazole rings is 1. The van der Waals surface area contributed by atoms with Gasteiger partial charge in [0.25, 0.3) is 5.56 Å². The van der Waals surface area contributed by atoms with Crippen molar-refractivity contribution < 1.29 is 23.9 Å². The summed E-state index contributed by atoms with van der Waals surface area (Å²) in [5, 5.41) is 5.00. The molecule has 38 heavy (non-hydrogen) atoms. The number of aromatic nitrogens is 3. The quantitative estimate of drug-likeness (QED) is 0.263. The van der Waals surface area contributed by atoms with Crippen LogP contribution in [-0.2, 0) is 20.9 Å². The minimum absolute atomic E-state index is 0.0268. The number of methoxy groups -OCH3 is 1. The number of hydrogen-bond donors (Lipinski definition) is 4. The summed E-state index contributed by atoms with van der Waals surface area (Å²) in [6, 6.07) is 7.66. The number of rotatable bonds is 12. The van der Waals surface area contributed by atoms with Crippen molar-refractivity contribution in [3.05, 3.63) is 64.9 Å². The predicted molar refractivity (Wildman–Crippen MR) is 142 cm³/mol. The van der Waals surface area contributed by atoms with Gasteiger partial charge in [0.15, 0.2) is 0 Å². The van der Waals surface area contributed by atoms with Crippen molar-refractivity contribution in [2.45, 2.75) is 39.3 Å². The van der Waals surface area contributed by atoms with E-state index in [1.807, 2.05) is 18.2 Å². The number of pyridine rings is 1. The first kappa shape index (κ1) is 28.0. The van der Waals surface area contributed by atoms with E-state index in [0.717, 1.165) is 5.52 Å². The third kappa shape index (κ3) is 7.69. The number of ether oxygens (including phenoxy) is 2. The van der Waals surface area contributed by atoms with Crippen LogP contribution < -0.4 is 26.7 Å². The molecule has 0 aliphatic rings. The lowest BCUT2D eigenvalue weighted by atomic mass is 10.1. The lowest BCUT2D eigenvalue weighted by Gasteiger charge is -2.17. The largest absolute Gasteiger partial charge is 0.491 e. The molecule has 2 heterocycles. The number of nitrogens with one attached hydrogen (secondary N) is 3. The van der Waals surface area contributed by atoms with Crippen LogP contribution in [0.2, 0.25) is 0 Å². The Balaban J connectivity index is 1.76. The van der Waals surface area contributed by atoms with Crippen molar-refractivity contribution in [3.8, 4) is 5.75 Å². The summed E-state index contributed by atoms with van der Waals surface area (Å²) in [4.78, 5) is 56.4. The van der Waals surface area contributed by atoms with Gasteiger partial charge in [-0.15, -0.1) is 0 Å².